The highest BCUT2D eigenvalue weighted by molar-refractivity contribution is 5.94. The normalized spacial score (nSPS) is 9.62. The average Bonchev–Trinajstić information content (AvgIpc) is 2.28. The minimum absolute atomic E-state index is 0.0514. The molecule has 0 fully saturated rings. The third-order valence-corrected chi connectivity index (χ3v) is 2.04. The molecular weight excluding hydrogens is 206 g/mol. The van der Waals surface area contributed by atoms with Crippen LogP contribution in [-0.2, 0) is 9.53 Å². The van der Waals surface area contributed by atoms with E-state index in [0.717, 1.165) is 6.42 Å². The van der Waals surface area contributed by atoms with Crippen LogP contribution in [0.4, 0.5) is 5.69 Å². The molecule has 0 saturated carbocycles. The SMILES string of the molecule is CCCC(=O)Nc1cccc(C(=O)OC)c1. The van der Waals surface area contributed by atoms with E-state index in [1.807, 2.05) is 6.92 Å². The number of methoxy groups -OCH3 is 1. The summed E-state index contributed by atoms with van der Waals surface area (Å²) in [7, 11) is 1.32. The van der Waals surface area contributed by atoms with E-state index in [-0.39, 0.29) is 5.91 Å². The predicted octanol–water partition coefficient (Wildman–Crippen LogP) is 2.21. The lowest BCUT2D eigenvalue weighted by atomic mass is 10.2. The molecule has 4 nitrogen and oxygen atoms in total. The molecule has 0 spiro atoms. The maximum Gasteiger partial charge on any atom is 0.337 e. The van der Waals surface area contributed by atoms with Gasteiger partial charge in [0.1, 0.15) is 0 Å². The molecule has 86 valence electrons. The van der Waals surface area contributed by atoms with Crippen molar-refractivity contribution in [1.82, 2.24) is 0 Å². The maximum absolute atomic E-state index is 11.3. The van der Waals surface area contributed by atoms with Gasteiger partial charge in [-0.3, -0.25) is 4.79 Å². The number of benzene rings is 1. The van der Waals surface area contributed by atoms with E-state index >= 15 is 0 Å². The van der Waals surface area contributed by atoms with Crippen LogP contribution in [0.15, 0.2) is 24.3 Å². The van der Waals surface area contributed by atoms with Gasteiger partial charge in [0.05, 0.1) is 12.7 Å². The summed E-state index contributed by atoms with van der Waals surface area (Å²) in [6.07, 6.45) is 1.27. The van der Waals surface area contributed by atoms with Gasteiger partial charge < -0.3 is 10.1 Å². The Hall–Kier alpha value is -1.84. The number of amides is 1. The zero-order chi connectivity index (χ0) is 12.0. The van der Waals surface area contributed by atoms with Crippen molar-refractivity contribution in [1.29, 1.82) is 0 Å². The molecule has 0 aromatic heterocycles. The summed E-state index contributed by atoms with van der Waals surface area (Å²) < 4.78 is 4.59. The number of hydrogen-bond donors (Lipinski definition) is 1. The molecule has 0 aliphatic rings. The Balaban J connectivity index is 2.74. The molecule has 0 heterocycles. The summed E-state index contributed by atoms with van der Waals surface area (Å²) in [6.45, 7) is 1.93. The first-order valence-corrected chi connectivity index (χ1v) is 5.15. The first-order valence-electron chi connectivity index (χ1n) is 5.15. The Bertz CT molecular complexity index is 388. The van der Waals surface area contributed by atoms with Crippen LogP contribution in [-0.4, -0.2) is 19.0 Å². The number of carbonyl (C=O) groups is 2. The van der Waals surface area contributed by atoms with Gasteiger partial charge in [0.2, 0.25) is 5.91 Å². The molecular formula is C12H15NO3. The number of anilines is 1. The number of ether oxygens (including phenoxy) is 1. The van der Waals surface area contributed by atoms with Crippen molar-refractivity contribution >= 4 is 17.6 Å². The van der Waals surface area contributed by atoms with Crippen LogP contribution < -0.4 is 5.32 Å². The molecule has 4 heteroatoms. The fourth-order valence-electron chi connectivity index (χ4n) is 1.29. The second-order valence-corrected chi connectivity index (χ2v) is 3.37. The smallest absolute Gasteiger partial charge is 0.337 e. The van der Waals surface area contributed by atoms with Crippen LogP contribution in [0, 0.1) is 0 Å². The van der Waals surface area contributed by atoms with E-state index < -0.39 is 5.97 Å². The topological polar surface area (TPSA) is 55.4 Å². The fourth-order valence-corrected chi connectivity index (χ4v) is 1.29. The lowest BCUT2D eigenvalue weighted by molar-refractivity contribution is -0.116. The standard InChI is InChI=1S/C12H15NO3/c1-3-5-11(14)13-10-7-4-6-9(8-10)12(15)16-2/h4,6-8H,3,5H2,1-2H3,(H,13,14). The van der Waals surface area contributed by atoms with E-state index in [1.165, 1.54) is 7.11 Å². The Morgan fingerprint density at radius 3 is 2.75 bits per heavy atom. The molecule has 0 saturated heterocycles. The maximum atomic E-state index is 11.3. The van der Waals surface area contributed by atoms with Gasteiger partial charge in [-0.25, -0.2) is 4.79 Å². The minimum atomic E-state index is -0.411. The van der Waals surface area contributed by atoms with Crippen molar-refractivity contribution in [3.05, 3.63) is 29.8 Å². The van der Waals surface area contributed by atoms with Crippen LogP contribution in [0.3, 0.4) is 0 Å². The molecule has 1 aromatic rings. The average molecular weight is 221 g/mol. The molecule has 0 aliphatic carbocycles. The molecule has 1 amide bonds. The van der Waals surface area contributed by atoms with E-state index in [0.29, 0.717) is 17.7 Å². The summed E-state index contributed by atoms with van der Waals surface area (Å²) in [5.74, 6) is -0.462. The molecule has 0 radical (unpaired) electrons. The van der Waals surface area contributed by atoms with Gasteiger partial charge in [0.15, 0.2) is 0 Å². The number of hydrogen-bond acceptors (Lipinski definition) is 3. The van der Waals surface area contributed by atoms with E-state index in [1.54, 1.807) is 24.3 Å². The third kappa shape index (κ3) is 3.38. The lowest BCUT2D eigenvalue weighted by Gasteiger charge is -2.05. The zero-order valence-electron chi connectivity index (χ0n) is 9.45. The van der Waals surface area contributed by atoms with Crippen molar-refractivity contribution in [2.45, 2.75) is 19.8 Å². The fraction of sp³-hybridized carbons (Fsp3) is 0.333. The first kappa shape index (κ1) is 12.2. The molecule has 0 bridgehead atoms. The summed E-state index contributed by atoms with van der Waals surface area (Å²) >= 11 is 0. The summed E-state index contributed by atoms with van der Waals surface area (Å²) in [4.78, 5) is 22.6. The van der Waals surface area contributed by atoms with E-state index in [9.17, 15) is 9.59 Å². The number of carbonyl (C=O) groups excluding carboxylic acids is 2. The van der Waals surface area contributed by atoms with Crippen molar-refractivity contribution in [3.8, 4) is 0 Å². The molecule has 0 atom stereocenters. The van der Waals surface area contributed by atoms with Crippen LogP contribution >= 0.6 is 0 Å². The zero-order valence-corrected chi connectivity index (χ0v) is 9.45. The largest absolute Gasteiger partial charge is 0.465 e. The van der Waals surface area contributed by atoms with E-state index in [2.05, 4.69) is 10.1 Å². The van der Waals surface area contributed by atoms with Crippen molar-refractivity contribution < 1.29 is 14.3 Å². The lowest BCUT2D eigenvalue weighted by Crippen LogP contribution is -2.11. The Morgan fingerprint density at radius 2 is 2.12 bits per heavy atom. The molecule has 0 aliphatic heterocycles. The molecule has 16 heavy (non-hydrogen) atoms. The van der Waals surface area contributed by atoms with Gasteiger partial charge in [-0.05, 0) is 24.6 Å². The molecule has 1 N–H and O–H groups in total. The number of esters is 1. The Kier molecular flexibility index (Phi) is 4.51. The molecule has 1 aromatic carbocycles. The van der Waals surface area contributed by atoms with Gasteiger partial charge in [-0.2, -0.15) is 0 Å². The van der Waals surface area contributed by atoms with Gasteiger partial charge >= 0.3 is 5.97 Å². The van der Waals surface area contributed by atoms with Gasteiger partial charge in [-0.15, -0.1) is 0 Å². The van der Waals surface area contributed by atoms with Crippen molar-refractivity contribution in [2.24, 2.45) is 0 Å². The Morgan fingerprint density at radius 1 is 1.38 bits per heavy atom. The quantitative estimate of drug-likeness (QED) is 0.793. The van der Waals surface area contributed by atoms with Crippen LogP contribution in [0.2, 0.25) is 0 Å². The van der Waals surface area contributed by atoms with Crippen molar-refractivity contribution in [2.75, 3.05) is 12.4 Å². The summed E-state index contributed by atoms with van der Waals surface area (Å²) in [5, 5.41) is 2.72. The highest BCUT2D eigenvalue weighted by atomic mass is 16.5. The van der Waals surface area contributed by atoms with Crippen LogP contribution in [0.25, 0.3) is 0 Å². The van der Waals surface area contributed by atoms with Gasteiger partial charge in [0, 0.05) is 12.1 Å². The third-order valence-electron chi connectivity index (χ3n) is 2.04. The predicted molar refractivity (Wildman–Crippen MR) is 61.3 cm³/mol. The second kappa shape index (κ2) is 5.90. The highest BCUT2D eigenvalue weighted by Crippen LogP contribution is 2.12. The summed E-state index contributed by atoms with van der Waals surface area (Å²) in [5.41, 5.74) is 1.04. The van der Waals surface area contributed by atoms with Crippen molar-refractivity contribution in [3.63, 3.8) is 0 Å². The Labute approximate surface area is 94.6 Å². The minimum Gasteiger partial charge on any atom is -0.465 e. The van der Waals surface area contributed by atoms with Crippen LogP contribution in [0.5, 0.6) is 0 Å². The molecule has 0 unspecified atom stereocenters. The van der Waals surface area contributed by atoms with Crippen LogP contribution in [0.1, 0.15) is 30.1 Å². The van der Waals surface area contributed by atoms with Gasteiger partial charge in [0.25, 0.3) is 0 Å². The highest BCUT2D eigenvalue weighted by Gasteiger charge is 2.06. The monoisotopic (exact) mass is 221 g/mol. The van der Waals surface area contributed by atoms with E-state index in [4.69, 9.17) is 0 Å². The second-order valence-electron chi connectivity index (χ2n) is 3.37. The van der Waals surface area contributed by atoms with Gasteiger partial charge in [-0.1, -0.05) is 13.0 Å². The first-order chi connectivity index (χ1) is 7.67. The number of rotatable bonds is 4. The molecule has 1 rings (SSSR count). The summed E-state index contributed by atoms with van der Waals surface area (Å²) in [6, 6.07) is 6.68. The number of nitrogens with one attached hydrogen (secondary N) is 1.